The summed E-state index contributed by atoms with van der Waals surface area (Å²) in [5, 5.41) is 14.6. The van der Waals surface area contributed by atoms with Crippen molar-refractivity contribution in [2.75, 3.05) is 7.11 Å². The Morgan fingerprint density at radius 1 is 1.24 bits per heavy atom. The number of carbonyl (C=O) groups excluding carboxylic acids is 2. The molecule has 210 valence electrons. The van der Waals surface area contributed by atoms with Gasteiger partial charge in [0.2, 0.25) is 11.9 Å². The maximum absolute atomic E-state index is 15.2. The Hall–Kier alpha value is -4.71. The smallest absolute Gasteiger partial charge is 0.309 e. The molecule has 1 atom stereocenters. The van der Waals surface area contributed by atoms with E-state index in [2.05, 4.69) is 35.8 Å². The van der Waals surface area contributed by atoms with Gasteiger partial charge >= 0.3 is 5.97 Å². The number of rotatable bonds is 6. The number of H-pyrrole nitrogens is 1. The topological polar surface area (TPSA) is 140 Å². The Balaban J connectivity index is 1.40. The van der Waals surface area contributed by atoms with Crippen LogP contribution in [0.15, 0.2) is 53.8 Å². The van der Waals surface area contributed by atoms with Crippen molar-refractivity contribution in [3.63, 3.8) is 0 Å². The second kappa shape index (κ2) is 12.6. The molecule has 0 unspecified atom stereocenters. The van der Waals surface area contributed by atoms with Crippen LogP contribution in [0.5, 0.6) is 0 Å². The second-order valence-corrected chi connectivity index (χ2v) is 9.77. The van der Waals surface area contributed by atoms with E-state index in [9.17, 15) is 9.59 Å². The van der Waals surface area contributed by atoms with Crippen LogP contribution in [0.2, 0.25) is 5.02 Å². The monoisotopic (exact) mass is 576 g/mol. The standard InChI is InChI=1S/C28H26ClFN8O3/c1-41-25(40)14-17-6-9-20-22(13-17)31-12-4-2-3-5-21(28-34-26(20)27(30)35-28)33-24(39)11-7-18-15-19(29)8-10-23(18)38-16-32-36-37-38/h6-13,15-16,21H,2-5,14H2,1H3,(H,33,39)(H,34,35)/b11-7+,31-12?/t21-/m0/s1. The first-order valence-electron chi connectivity index (χ1n) is 12.9. The fraction of sp³-hybridized carbons (Fsp3) is 0.250. The lowest BCUT2D eigenvalue weighted by atomic mass is 10.0. The quantitative estimate of drug-likeness (QED) is 0.250. The van der Waals surface area contributed by atoms with Crippen LogP contribution in [0, 0.1) is 5.95 Å². The van der Waals surface area contributed by atoms with Gasteiger partial charge in [0.1, 0.15) is 17.8 Å². The highest BCUT2D eigenvalue weighted by Gasteiger charge is 2.23. The lowest BCUT2D eigenvalue weighted by Crippen LogP contribution is -2.27. The average Bonchev–Trinajstić information content (AvgIpc) is 3.63. The number of aromatic amines is 1. The van der Waals surface area contributed by atoms with Gasteiger partial charge in [0.15, 0.2) is 0 Å². The molecule has 0 saturated carbocycles. The van der Waals surface area contributed by atoms with E-state index in [1.807, 2.05) is 0 Å². The van der Waals surface area contributed by atoms with Gasteiger partial charge in [-0.3, -0.25) is 14.6 Å². The summed E-state index contributed by atoms with van der Waals surface area (Å²) >= 11 is 6.18. The molecule has 1 amide bonds. The van der Waals surface area contributed by atoms with Crippen LogP contribution in [-0.2, 0) is 20.7 Å². The summed E-state index contributed by atoms with van der Waals surface area (Å²) in [6, 6.07) is 9.71. The Morgan fingerprint density at radius 2 is 2.12 bits per heavy atom. The summed E-state index contributed by atoms with van der Waals surface area (Å²) < 4.78 is 21.4. The maximum Gasteiger partial charge on any atom is 0.309 e. The molecular formula is C28H26ClFN8O3. The van der Waals surface area contributed by atoms with Crippen molar-refractivity contribution in [3.8, 4) is 16.9 Å². The third-order valence-electron chi connectivity index (χ3n) is 6.52. The van der Waals surface area contributed by atoms with E-state index in [1.54, 1.807) is 48.7 Å². The number of nitrogens with one attached hydrogen (secondary N) is 2. The van der Waals surface area contributed by atoms with Crippen molar-refractivity contribution in [1.29, 1.82) is 0 Å². The number of ether oxygens (including phenoxy) is 1. The molecule has 2 aromatic carbocycles. The molecule has 2 bridgehead atoms. The van der Waals surface area contributed by atoms with Crippen LogP contribution >= 0.6 is 11.6 Å². The summed E-state index contributed by atoms with van der Waals surface area (Å²) in [4.78, 5) is 36.6. The number of imidazole rings is 1. The summed E-state index contributed by atoms with van der Waals surface area (Å²) in [6.07, 6.45) is 9.05. The zero-order valence-electron chi connectivity index (χ0n) is 22.1. The first-order chi connectivity index (χ1) is 19.9. The molecule has 11 nitrogen and oxygen atoms in total. The molecule has 4 aromatic rings. The largest absolute Gasteiger partial charge is 0.469 e. The Morgan fingerprint density at radius 3 is 2.93 bits per heavy atom. The van der Waals surface area contributed by atoms with E-state index in [4.69, 9.17) is 16.3 Å². The molecule has 0 spiro atoms. The first kappa shape index (κ1) is 27.8. The lowest BCUT2D eigenvalue weighted by Gasteiger charge is -2.16. The van der Waals surface area contributed by atoms with Gasteiger partial charge in [-0.2, -0.15) is 9.07 Å². The van der Waals surface area contributed by atoms with E-state index in [1.165, 1.54) is 24.2 Å². The highest BCUT2D eigenvalue weighted by Crippen LogP contribution is 2.34. The van der Waals surface area contributed by atoms with E-state index >= 15 is 4.39 Å². The van der Waals surface area contributed by atoms with Gasteiger partial charge in [-0.1, -0.05) is 30.2 Å². The number of fused-ring (bicyclic) bond motifs is 4. The average molecular weight is 577 g/mol. The molecule has 41 heavy (non-hydrogen) atoms. The molecule has 0 radical (unpaired) electrons. The number of aromatic nitrogens is 6. The van der Waals surface area contributed by atoms with Crippen LogP contribution < -0.4 is 5.32 Å². The van der Waals surface area contributed by atoms with E-state index in [0.717, 1.165) is 12.8 Å². The van der Waals surface area contributed by atoms with Crippen LogP contribution in [-0.4, -0.2) is 55.4 Å². The minimum atomic E-state index is -0.642. The Labute approximate surface area is 239 Å². The van der Waals surface area contributed by atoms with E-state index < -0.39 is 17.9 Å². The van der Waals surface area contributed by atoms with Crippen molar-refractivity contribution in [2.24, 2.45) is 4.99 Å². The number of tetrazole rings is 1. The molecule has 0 fully saturated rings. The summed E-state index contributed by atoms with van der Waals surface area (Å²) in [5.41, 5.74) is 3.01. The van der Waals surface area contributed by atoms with Gasteiger partial charge in [-0.15, -0.1) is 5.10 Å². The molecule has 0 saturated heterocycles. The van der Waals surface area contributed by atoms with E-state index in [-0.39, 0.29) is 18.1 Å². The molecule has 13 heteroatoms. The SMILES string of the molecule is COC(=O)Cc1ccc2c(c1)N=CCCCC[C@H](NC(=O)/C=C/c1cc(Cl)ccc1-n1cnnn1)c1nc-2c(F)[nH]1. The zero-order chi connectivity index (χ0) is 28.8. The van der Waals surface area contributed by atoms with Crippen molar-refractivity contribution in [1.82, 2.24) is 35.5 Å². The van der Waals surface area contributed by atoms with Crippen molar-refractivity contribution >= 4 is 41.5 Å². The number of amides is 1. The lowest BCUT2D eigenvalue weighted by molar-refractivity contribution is -0.139. The Bertz CT molecular complexity index is 1620. The number of aliphatic imine (C=N–C) groups is 1. The van der Waals surface area contributed by atoms with Gasteiger partial charge in [0.25, 0.3) is 0 Å². The first-order valence-corrected chi connectivity index (χ1v) is 13.3. The molecule has 2 N–H and O–H groups in total. The van der Waals surface area contributed by atoms with Gasteiger partial charge in [0.05, 0.1) is 30.9 Å². The minimum absolute atomic E-state index is 0.0711. The highest BCUT2D eigenvalue weighted by atomic mass is 35.5. The third-order valence-corrected chi connectivity index (χ3v) is 6.76. The minimum Gasteiger partial charge on any atom is -0.469 e. The number of esters is 1. The number of nitrogens with zero attached hydrogens (tertiary/aromatic N) is 6. The predicted octanol–water partition coefficient (Wildman–Crippen LogP) is 4.71. The molecule has 3 heterocycles. The van der Waals surface area contributed by atoms with Gasteiger partial charge in [0, 0.05) is 28.4 Å². The molecule has 0 aliphatic carbocycles. The van der Waals surface area contributed by atoms with Crippen LogP contribution in [0.1, 0.15) is 48.7 Å². The fourth-order valence-electron chi connectivity index (χ4n) is 4.49. The number of hydrogen-bond acceptors (Lipinski definition) is 8. The van der Waals surface area contributed by atoms with Gasteiger partial charge in [-0.05, 0) is 65.6 Å². The van der Waals surface area contributed by atoms with E-state index in [0.29, 0.717) is 51.8 Å². The normalized spacial score (nSPS) is 15.1. The molecule has 5 rings (SSSR count). The maximum atomic E-state index is 15.2. The fourth-order valence-corrected chi connectivity index (χ4v) is 4.67. The number of hydrogen-bond donors (Lipinski definition) is 2. The van der Waals surface area contributed by atoms with Crippen LogP contribution in [0.25, 0.3) is 23.0 Å². The van der Waals surface area contributed by atoms with Crippen LogP contribution in [0.3, 0.4) is 0 Å². The highest BCUT2D eigenvalue weighted by molar-refractivity contribution is 6.30. The molecule has 2 aromatic heterocycles. The van der Waals surface area contributed by atoms with Gasteiger partial charge < -0.3 is 15.0 Å². The number of benzene rings is 2. The Kier molecular flexibility index (Phi) is 8.59. The summed E-state index contributed by atoms with van der Waals surface area (Å²) in [7, 11) is 1.32. The number of methoxy groups -OCH3 is 1. The van der Waals surface area contributed by atoms with Gasteiger partial charge in [-0.25, -0.2) is 4.98 Å². The summed E-state index contributed by atoms with van der Waals surface area (Å²) in [6.45, 7) is 0. The number of carbonyl (C=O) groups is 2. The predicted molar refractivity (Wildman–Crippen MR) is 150 cm³/mol. The second-order valence-electron chi connectivity index (χ2n) is 9.34. The van der Waals surface area contributed by atoms with Crippen molar-refractivity contribution in [3.05, 3.63) is 76.7 Å². The van der Waals surface area contributed by atoms with Crippen LogP contribution in [0.4, 0.5) is 10.1 Å². The van der Waals surface area contributed by atoms with Crippen molar-refractivity contribution < 1.29 is 18.7 Å². The third kappa shape index (κ3) is 6.72. The number of halogens is 2. The molecule has 1 aliphatic rings. The van der Waals surface area contributed by atoms with Crippen molar-refractivity contribution in [2.45, 2.75) is 38.1 Å². The molecule has 1 aliphatic heterocycles. The zero-order valence-corrected chi connectivity index (χ0v) is 22.8. The molecular weight excluding hydrogens is 551 g/mol. The summed E-state index contributed by atoms with van der Waals surface area (Å²) in [5.74, 6) is -1.12.